The molecule has 30 heavy (non-hydrogen) atoms. The number of ether oxygens (including phenoxy) is 3. The molecule has 0 aliphatic heterocycles. The fourth-order valence-corrected chi connectivity index (χ4v) is 4.40. The Morgan fingerprint density at radius 3 is 2.30 bits per heavy atom. The van der Waals surface area contributed by atoms with Gasteiger partial charge < -0.3 is 19.3 Å². The zero-order valence-electron chi connectivity index (χ0n) is 16.6. The van der Waals surface area contributed by atoms with Gasteiger partial charge >= 0.3 is 5.97 Å². The highest BCUT2D eigenvalue weighted by Crippen LogP contribution is 2.37. The van der Waals surface area contributed by atoms with Gasteiger partial charge in [-0.15, -0.1) is 0 Å². The predicted molar refractivity (Wildman–Crippen MR) is 112 cm³/mol. The lowest BCUT2D eigenvalue weighted by Gasteiger charge is -2.17. The summed E-state index contributed by atoms with van der Waals surface area (Å²) in [7, 11) is -1.49. The van der Waals surface area contributed by atoms with E-state index in [1.165, 1.54) is 32.4 Å². The summed E-state index contributed by atoms with van der Waals surface area (Å²) in [6.07, 6.45) is 0. The number of carbonyl (C=O) groups is 1. The van der Waals surface area contributed by atoms with Crippen LogP contribution in [-0.4, -0.2) is 40.3 Å². The predicted octanol–water partition coefficient (Wildman–Crippen LogP) is 3.75. The van der Waals surface area contributed by atoms with E-state index in [2.05, 4.69) is 4.72 Å². The van der Waals surface area contributed by atoms with Crippen LogP contribution < -0.4 is 18.9 Å². The molecule has 0 aliphatic carbocycles. The first-order valence-electron chi connectivity index (χ1n) is 8.99. The van der Waals surface area contributed by atoms with Gasteiger partial charge in [0.2, 0.25) is 0 Å². The van der Waals surface area contributed by atoms with Crippen LogP contribution in [0.3, 0.4) is 0 Å². The Morgan fingerprint density at radius 1 is 1.00 bits per heavy atom. The number of aromatic carboxylic acids is 1. The van der Waals surface area contributed by atoms with Crippen molar-refractivity contribution in [3.05, 3.63) is 54.1 Å². The highest BCUT2D eigenvalue weighted by atomic mass is 32.2. The van der Waals surface area contributed by atoms with E-state index in [-0.39, 0.29) is 27.6 Å². The van der Waals surface area contributed by atoms with Crippen LogP contribution in [-0.2, 0) is 10.0 Å². The van der Waals surface area contributed by atoms with E-state index in [0.29, 0.717) is 23.1 Å². The maximum absolute atomic E-state index is 13.3. The van der Waals surface area contributed by atoms with Gasteiger partial charge in [0.25, 0.3) is 10.0 Å². The highest BCUT2D eigenvalue weighted by molar-refractivity contribution is 7.93. The van der Waals surface area contributed by atoms with Crippen molar-refractivity contribution in [2.75, 3.05) is 25.5 Å². The molecule has 158 valence electrons. The topological polar surface area (TPSA) is 111 Å². The number of benzene rings is 3. The Labute approximate surface area is 174 Å². The molecule has 0 fully saturated rings. The van der Waals surface area contributed by atoms with Crippen molar-refractivity contribution in [2.45, 2.75) is 11.8 Å². The molecule has 0 saturated carbocycles. The van der Waals surface area contributed by atoms with Crippen molar-refractivity contribution in [1.29, 1.82) is 0 Å². The molecule has 0 unspecified atom stereocenters. The second-order valence-corrected chi connectivity index (χ2v) is 7.85. The van der Waals surface area contributed by atoms with Crippen LogP contribution in [0, 0.1) is 0 Å². The second-order valence-electron chi connectivity index (χ2n) is 6.20. The SMILES string of the molecule is CCOc1ccc(S(=O)(=O)Nc2c(OC)cc(OC)cc2C(=O)O)c2ccccc12. The number of carboxylic acids is 1. The minimum absolute atomic E-state index is 0.0178. The average molecular weight is 431 g/mol. The molecule has 0 heterocycles. The molecular weight excluding hydrogens is 410 g/mol. The number of fused-ring (bicyclic) bond motifs is 1. The van der Waals surface area contributed by atoms with Crippen molar-refractivity contribution < 1.29 is 32.5 Å². The van der Waals surface area contributed by atoms with E-state index in [9.17, 15) is 18.3 Å². The minimum atomic E-state index is -4.17. The lowest BCUT2D eigenvalue weighted by atomic mass is 10.1. The summed E-state index contributed by atoms with van der Waals surface area (Å²) in [5.41, 5.74) is -0.492. The van der Waals surface area contributed by atoms with Crippen LogP contribution in [0.5, 0.6) is 17.2 Å². The average Bonchev–Trinajstić information content (AvgIpc) is 2.73. The normalized spacial score (nSPS) is 11.2. The molecular formula is C21H21NO7S. The molecule has 0 bridgehead atoms. The number of methoxy groups -OCH3 is 2. The zero-order valence-corrected chi connectivity index (χ0v) is 17.4. The first-order chi connectivity index (χ1) is 14.3. The maximum atomic E-state index is 13.3. The summed E-state index contributed by atoms with van der Waals surface area (Å²) in [6.45, 7) is 2.27. The van der Waals surface area contributed by atoms with E-state index in [4.69, 9.17) is 14.2 Å². The quantitative estimate of drug-likeness (QED) is 0.559. The van der Waals surface area contributed by atoms with E-state index < -0.39 is 16.0 Å². The minimum Gasteiger partial charge on any atom is -0.497 e. The fraction of sp³-hybridized carbons (Fsp3) is 0.190. The third kappa shape index (κ3) is 3.97. The zero-order chi connectivity index (χ0) is 21.9. The number of rotatable bonds is 8. The van der Waals surface area contributed by atoms with Crippen LogP contribution in [0.15, 0.2) is 53.4 Å². The molecule has 3 aromatic rings. The summed E-state index contributed by atoms with van der Waals surface area (Å²) >= 11 is 0. The van der Waals surface area contributed by atoms with E-state index in [1.54, 1.807) is 30.3 Å². The molecule has 0 aliphatic rings. The maximum Gasteiger partial charge on any atom is 0.338 e. The van der Waals surface area contributed by atoms with E-state index in [1.807, 2.05) is 6.92 Å². The summed E-state index contributed by atoms with van der Waals surface area (Å²) in [6, 6.07) is 12.5. The number of nitrogens with one attached hydrogen (secondary N) is 1. The van der Waals surface area contributed by atoms with Gasteiger partial charge in [-0.25, -0.2) is 13.2 Å². The molecule has 0 saturated heterocycles. The molecule has 2 N–H and O–H groups in total. The highest BCUT2D eigenvalue weighted by Gasteiger charge is 2.25. The molecule has 0 amide bonds. The Kier molecular flexibility index (Phi) is 6.02. The molecule has 0 aromatic heterocycles. The summed E-state index contributed by atoms with van der Waals surface area (Å²) in [5, 5.41) is 10.6. The van der Waals surface area contributed by atoms with Crippen molar-refractivity contribution in [3.8, 4) is 17.2 Å². The molecule has 9 heteroatoms. The fourth-order valence-electron chi connectivity index (χ4n) is 3.09. The molecule has 3 aromatic carbocycles. The Morgan fingerprint density at radius 2 is 1.70 bits per heavy atom. The smallest absolute Gasteiger partial charge is 0.338 e. The van der Waals surface area contributed by atoms with Crippen molar-refractivity contribution in [1.82, 2.24) is 0 Å². The Balaban J connectivity index is 2.17. The number of anilines is 1. The summed E-state index contributed by atoms with van der Waals surface area (Å²) in [4.78, 5) is 11.7. The lowest BCUT2D eigenvalue weighted by Crippen LogP contribution is -2.17. The van der Waals surface area contributed by atoms with Gasteiger partial charge in [-0.2, -0.15) is 0 Å². The van der Waals surface area contributed by atoms with Gasteiger partial charge in [0.1, 0.15) is 22.9 Å². The first-order valence-corrected chi connectivity index (χ1v) is 10.5. The number of sulfonamides is 1. The largest absolute Gasteiger partial charge is 0.497 e. The molecule has 0 atom stereocenters. The molecule has 8 nitrogen and oxygen atoms in total. The lowest BCUT2D eigenvalue weighted by molar-refractivity contribution is 0.0697. The summed E-state index contributed by atoms with van der Waals surface area (Å²) in [5.74, 6) is -0.536. The van der Waals surface area contributed by atoms with Crippen LogP contribution >= 0.6 is 0 Å². The standard InChI is InChI=1S/C21H21NO7S/c1-4-29-17-9-10-19(15-8-6-5-7-14(15)17)30(25,26)22-20-16(21(23)24)11-13(27-2)12-18(20)28-3/h5-12,22H,4H2,1-3H3,(H,23,24). The van der Waals surface area contributed by atoms with Crippen LogP contribution in [0.4, 0.5) is 5.69 Å². The van der Waals surface area contributed by atoms with Crippen LogP contribution in [0.25, 0.3) is 10.8 Å². The van der Waals surface area contributed by atoms with Gasteiger partial charge in [0.15, 0.2) is 0 Å². The molecule has 0 spiro atoms. The third-order valence-electron chi connectivity index (χ3n) is 4.43. The van der Waals surface area contributed by atoms with Crippen molar-refractivity contribution in [3.63, 3.8) is 0 Å². The van der Waals surface area contributed by atoms with Gasteiger partial charge in [0.05, 0.1) is 31.3 Å². The first kappa shape index (κ1) is 21.3. The molecule has 3 rings (SSSR count). The van der Waals surface area contributed by atoms with Crippen LogP contribution in [0.2, 0.25) is 0 Å². The number of hydrogen-bond donors (Lipinski definition) is 2. The molecule has 0 radical (unpaired) electrons. The van der Waals surface area contributed by atoms with Crippen molar-refractivity contribution in [2.24, 2.45) is 0 Å². The number of carboxylic acid groups (broad SMARTS) is 1. The second kappa shape index (κ2) is 8.50. The van der Waals surface area contributed by atoms with Gasteiger partial charge in [-0.3, -0.25) is 4.72 Å². The number of hydrogen-bond acceptors (Lipinski definition) is 6. The third-order valence-corrected chi connectivity index (χ3v) is 5.84. The summed E-state index contributed by atoms with van der Waals surface area (Å²) < 4.78 is 44.7. The van der Waals surface area contributed by atoms with Crippen molar-refractivity contribution >= 4 is 32.5 Å². The van der Waals surface area contributed by atoms with Gasteiger partial charge in [-0.1, -0.05) is 24.3 Å². The Hall–Kier alpha value is -3.46. The van der Waals surface area contributed by atoms with Crippen LogP contribution in [0.1, 0.15) is 17.3 Å². The Bertz CT molecular complexity index is 1210. The monoisotopic (exact) mass is 431 g/mol. The van der Waals surface area contributed by atoms with Gasteiger partial charge in [0, 0.05) is 16.8 Å². The van der Waals surface area contributed by atoms with Gasteiger partial charge in [-0.05, 0) is 25.1 Å². The van der Waals surface area contributed by atoms with E-state index >= 15 is 0 Å². The van der Waals surface area contributed by atoms with E-state index in [0.717, 1.165) is 0 Å².